The number of fused-ring (bicyclic) bond motifs is 1. The maximum absolute atomic E-state index is 6.17. The summed E-state index contributed by atoms with van der Waals surface area (Å²) in [6.07, 6.45) is 3.85. The third kappa shape index (κ3) is 2.79. The first-order valence-corrected chi connectivity index (χ1v) is 6.70. The molecular weight excluding hydrogens is 276 g/mol. The molecule has 0 aliphatic heterocycles. The minimum Gasteiger partial charge on any atom is -0.343 e. The van der Waals surface area contributed by atoms with E-state index in [-0.39, 0.29) is 0 Å². The lowest BCUT2D eigenvalue weighted by Crippen LogP contribution is -2.17. The summed E-state index contributed by atoms with van der Waals surface area (Å²) in [6, 6.07) is 7.77. The van der Waals surface area contributed by atoms with E-state index in [1.54, 1.807) is 6.20 Å². The highest BCUT2D eigenvalue weighted by Crippen LogP contribution is 2.24. The van der Waals surface area contributed by atoms with Crippen LogP contribution in [0.15, 0.2) is 41.4 Å². The number of nitrogens with zero attached hydrogens (tertiary/aromatic N) is 3. The molecule has 5 nitrogen and oxygen atoms in total. The molecule has 6 heteroatoms. The third-order valence-electron chi connectivity index (χ3n) is 3.05. The summed E-state index contributed by atoms with van der Waals surface area (Å²) in [4.78, 5) is 8.38. The Morgan fingerprint density at radius 2 is 2.15 bits per heavy atom. The van der Waals surface area contributed by atoms with Crippen molar-refractivity contribution in [3.05, 3.63) is 53.3 Å². The lowest BCUT2D eigenvalue weighted by molar-refractivity contribution is 0.409. The molecule has 0 aliphatic rings. The fourth-order valence-corrected chi connectivity index (χ4v) is 2.28. The van der Waals surface area contributed by atoms with Gasteiger partial charge in [-0.15, -0.1) is 0 Å². The molecule has 0 atom stereocenters. The number of aromatic nitrogens is 3. The molecule has 0 bridgehead atoms. The Morgan fingerprint density at radius 3 is 3.00 bits per heavy atom. The Hall–Kier alpha value is -1.98. The van der Waals surface area contributed by atoms with Crippen molar-refractivity contribution in [1.82, 2.24) is 20.4 Å². The van der Waals surface area contributed by atoms with Crippen molar-refractivity contribution in [2.75, 3.05) is 6.54 Å². The number of hydrogen-bond donors (Lipinski definition) is 1. The first-order chi connectivity index (χ1) is 9.84. The highest BCUT2D eigenvalue weighted by molar-refractivity contribution is 6.35. The van der Waals surface area contributed by atoms with Crippen molar-refractivity contribution < 1.29 is 4.52 Å². The molecule has 3 rings (SSSR count). The summed E-state index contributed by atoms with van der Waals surface area (Å²) < 4.78 is 4.69. The van der Waals surface area contributed by atoms with Crippen LogP contribution >= 0.6 is 11.6 Å². The SMILES string of the molecule is Clc1ccc(CNCCc2ncon2)c2ncccc12. The Balaban J connectivity index is 1.67. The van der Waals surface area contributed by atoms with Gasteiger partial charge in [-0.3, -0.25) is 4.98 Å². The number of pyridine rings is 1. The van der Waals surface area contributed by atoms with E-state index in [2.05, 4.69) is 25.0 Å². The van der Waals surface area contributed by atoms with Crippen LogP contribution in [0.25, 0.3) is 10.9 Å². The van der Waals surface area contributed by atoms with Crippen molar-refractivity contribution in [3.63, 3.8) is 0 Å². The molecule has 0 saturated heterocycles. The van der Waals surface area contributed by atoms with Crippen LogP contribution in [-0.4, -0.2) is 21.7 Å². The van der Waals surface area contributed by atoms with Crippen LogP contribution in [0.4, 0.5) is 0 Å². The van der Waals surface area contributed by atoms with Crippen LogP contribution < -0.4 is 5.32 Å². The zero-order valence-electron chi connectivity index (χ0n) is 10.7. The second kappa shape index (κ2) is 5.98. The van der Waals surface area contributed by atoms with Gasteiger partial charge in [0.1, 0.15) is 0 Å². The molecule has 0 aliphatic carbocycles. The zero-order chi connectivity index (χ0) is 13.8. The van der Waals surface area contributed by atoms with E-state index < -0.39 is 0 Å². The van der Waals surface area contributed by atoms with Gasteiger partial charge < -0.3 is 9.84 Å². The monoisotopic (exact) mass is 288 g/mol. The Kier molecular flexibility index (Phi) is 3.90. The van der Waals surface area contributed by atoms with E-state index in [9.17, 15) is 0 Å². The van der Waals surface area contributed by atoms with Crippen LogP contribution in [0, 0.1) is 0 Å². The van der Waals surface area contributed by atoms with Crippen molar-refractivity contribution >= 4 is 22.5 Å². The maximum atomic E-state index is 6.17. The van der Waals surface area contributed by atoms with Gasteiger partial charge in [0.2, 0.25) is 6.39 Å². The Labute approximate surface area is 121 Å². The van der Waals surface area contributed by atoms with Gasteiger partial charge in [0.25, 0.3) is 0 Å². The molecule has 0 fully saturated rings. The van der Waals surface area contributed by atoms with Gasteiger partial charge in [-0.25, -0.2) is 0 Å². The molecule has 20 heavy (non-hydrogen) atoms. The molecule has 0 amide bonds. The molecule has 0 radical (unpaired) electrons. The topological polar surface area (TPSA) is 63.8 Å². The van der Waals surface area contributed by atoms with Gasteiger partial charge in [0, 0.05) is 36.1 Å². The van der Waals surface area contributed by atoms with Gasteiger partial charge in [0.15, 0.2) is 5.82 Å². The van der Waals surface area contributed by atoms with Crippen LogP contribution in [0.5, 0.6) is 0 Å². The first-order valence-electron chi connectivity index (χ1n) is 6.32. The first kappa shape index (κ1) is 13.0. The molecular formula is C14H13ClN4O. The van der Waals surface area contributed by atoms with Gasteiger partial charge in [-0.05, 0) is 23.8 Å². The lowest BCUT2D eigenvalue weighted by atomic mass is 10.1. The van der Waals surface area contributed by atoms with Gasteiger partial charge in [-0.1, -0.05) is 22.8 Å². The molecule has 2 heterocycles. The summed E-state index contributed by atoms with van der Waals surface area (Å²) in [6.45, 7) is 1.50. The standard InChI is InChI=1S/C14H13ClN4O/c15-12-4-3-10(14-11(12)2-1-6-17-14)8-16-7-5-13-18-9-20-19-13/h1-4,6,9,16H,5,7-8H2. The third-order valence-corrected chi connectivity index (χ3v) is 3.38. The molecule has 0 saturated carbocycles. The zero-order valence-corrected chi connectivity index (χ0v) is 11.5. The van der Waals surface area contributed by atoms with E-state index in [4.69, 9.17) is 11.6 Å². The second-order valence-electron chi connectivity index (χ2n) is 4.38. The summed E-state index contributed by atoms with van der Waals surface area (Å²) in [7, 11) is 0. The molecule has 3 aromatic rings. The van der Waals surface area contributed by atoms with Crippen molar-refractivity contribution in [2.45, 2.75) is 13.0 Å². The molecule has 102 valence electrons. The van der Waals surface area contributed by atoms with Crippen LogP contribution in [0.1, 0.15) is 11.4 Å². The Morgan fingerprint density at radius 1 is 1.20 bits per heavy atom. The predicted octanol–water partition coefficient (Wildman–Crippen LogP) is 2.60. The lowest BCUT2D eigenvalue weighted by Gasteiger charge is -2.08. The smallest absolute Gasteiger partial charge is 0.213 e. The molecule has 0 spiro atoms. The minimum absolute atomic E-state index is 0.705. The van der Waals surface area contributed by atoms with E-state index in [0.717, 1.165) is 41.0 Å². The van der Waals surface area contributed by atoms with E-state index in [0.29, 0.717) is 5.82 Å². The van der Waals surface area contributed by atoms with Gasteiger partial charge in [-0.2, -0.15) is 4.98 Å². The fraction of sp³-hybridized carbons (Fsp3) is 0.214. The highest BCUT2D eigenvalue weighted by Gasteiger charge is 2.05. The average molecular weight is 289 g/mol. The second-order valence-corrected chi connectivity index (χ2v) is 4.79. The number of nitrogens with one attached hydrogen (secondary N) is 1. The fourth-order valence-electron chi connectivity index (χ4n) is 2.06. The van der Waals surface area contributed by atoms with Crippen molar-refractivity contribution in [3.8, 4) is 0 Å². The molecule has 2 aromatic heterocycles. The van der Waals surface area contributed by atoms with Gasteiger partial charge >= 0.3 is 0 Å². The summed E-state index contributed by atoms with van der Waals surface area (Å²) in [5.74, 6) is 0.705. The largest absolute Gasteiger partial charge is 0.343 e. The average Bonchev–Trinajstić information content (AvgIpc) is 2.99. The normalized spacial score (nSPS) is 11.1. The maximum Gasteiger partial charge on any atom is 0.213 e. The van der Waals surface area contributed by atoms with E-state index in [1.807, 2.05) is 24.3 Å². The number of rotatable bonds is 5. The minimum atomic E-state index is 0.705. The number of hydrogen-bond acceptors (Lipinski definition) is 5. The summed E-state index contributed by atoms with van der Waals surface area (Å²) in [5.41, 5.74) is 2.06. The molecule has 1 aromatic carbocycles. The summed E-state index contributed by atoms with van der Waals surface area (Å²) in [5, 5.41) is 8.82. The van der Waals surface area contributed by atoms with E-state index >= 15 is 0 Å². The van der Waals surface area contributed by atoms with Gasteiger partial charge in [0.05, 0.1) is 5.52 Å². The van der Waals surface area contributed by atoms with Crippen molar-refractivity contribution in [2.24, 2.45) is 0 Å². The predicted molar refractivity (Wildman–Crippen MR) is 76.5 cm³/mol. The highest BCUT2D eigenvalue weighted by atomic mass is 35.5. The summed E-state index contributed by atoms with van der Waals surface area (Å²) >= 11 is 6.17. The van der Waals surface area contributed by atoms with Crippen LogP contribution in [-0.2, 0) is 13.0 Å². The Bertz CT molecular complexity index is 699. The molecule has 0 unspecified atom stereocenters. The quantitative estimate of drug-likeness (QED) is 0.731. The number of benzene rings is 1. The van der Waals surface area contributed by atoms with Crippen LogP contribution in [0.2, 0.25) is 5.02 Å². The van der Waals surface area contributed by atoms with E-state index in [1.165, 1.54) is 6.39 Å². The van der Waals surface area contributed by atoms with Crippen molar-refractivity contribution in [1.29, 1.82) is 0 Å². The molecule has 1 N–H and O–H groups in total. The van der Waals surface area contributed by atoms with Crippen LogP contribution in [0.3, 0.4) is 0 Å². The number of halogens is 1.